The van der Waals surface area contributed by atoms with Gasteiger partial charge in [-0.1, -0.05) is 5.92 Å². The van der Waals surface area contributed by atoms with Gasteiger partial charge in [-0.2, -0.15) is 0 Å². The summed E-state index contributed by atoms with van der Waals surface area (Å²) in [5.74, 6) is 2.49. The Morgan fingerprint density at radius 2 is 1.40 bits per heavy atom. The highest BCUT2D eigenvalue weighted by Gasteiger charge is 1.77. The number of nitrogens with zero attached hydrogens (tertiary/aromatic N) is 2. The summed E-state index contributed by atoms with van der Waals surface area (Å²) >= 11 is 2.24. The Bertz CT molecular complexity index is 420. The molecule has 0 N–H and O–H groups in total. The van der Waals surface area contributed by atoms with E-state index in [4.69, 9.17) is 6.42 Å². The molecule has 2 nitrogen and oxygen atoms in total. The third-order valence-electron chi connectivity index (χ3n) is 1.49. The first-order valence-corrected chi connectivity index (χ1v) is 5.33. The molecule has 0 aliphatic rings. The van der Waals surface area contributed by atoms with Crippen LogP contribution >= 0.6 is 22.6 Å². The highest BCUT2D eigenvalue weighted by molar-refractivity contribution is 14.1. The van der Waals surface area contributed by atoms with Crippen LogP contribution in [-0.2, 0) is 0 Å². The monoisotopic (exact) mass is 308 g/mol. The molecule has 0 aliphatic carbocycles. The van der Waals surface area contributed by atoms with Gasteiger partial charge in [-0.3, -0.25) is 9.97 Å². The van der Waals surface area contributed by atoms with Gasteiger partial charge in [-0.15, -0.1) is 6.42 Å². The van der Waals surface area contributed by atoms with Gasteiger partial charge in [0.1, 0.15) is 0 Å². The maximum absolute atomic E-state index is 5.07. The fourth-order valence-electron chi connectivity index (χ4n) is 0.782. The van der Waals surface area contributed by atoms with Crippen molar-refractivity contribution in [2.24, 2.45) is 0 Å². The van der Waals surface area contributed by atoms with Gasteiger partial charge in [0.05, 0.1) is 0 Å². The van der Waals surface area contributed by atoms with Gasteiger partial charge in [-0.25, -0.2) is 0 Å². The fraction of sp³-hybridized carbons (Fsp3) is 0. The van der Waals surface area contributed by atoms with Gasteiger partial charge in [0.15, 0.2) is 0 Å². The quantitative estimate of drug-likeness (QED) is 0.552. The smallest absolute Gasteiger partial charge is 0.0280 e. The lowest BCUT2D eigenvalue weighted by molar-refractivity contribution is 1.32. The van der Waals surface area contributed by atoms with E-state index in [2.05, 4.69) is 38.5 Å². The summed E-state index contributed by atoms with van der Waals surface area (Å²) in [7, 11) is 0. The van der Waals surface area contributed by atoms with Gasteiger partial charge < -0.3 is 0 Å². The Kier molecular flexibility index (Phi) is 5.41. The maximum atomic E-state index is 5.07. The van der Waals surface area contributed by atoms with Crippen molar-refractivity contribution < 1.29 is 0 Å². The van der Waals surface area contributed by atoms with Crippen LogP contribution in [-0.4, -0.2) is 9.97 Å². The van der Waals surface area contributed by atoms with E-state index in [1.54, 1.807) is 36.9 Å². The molecule has 0 radical (unpaired) electrons. The molecule has 2 aromatic rings. The lowest BCUT2D eigenvalue weighted by Gasteiger charge is -1.82. The van der Waals surface area contributed by atoms with Crippen LogP contribution < -0.4 is 0 Å². The molecule has 3 heteroatoms. The number of rotatable bonds is 0. The molecule has 0 spiro atoms. The van der Waals surface area contributed by atoms with E-state index < -0.39 is 0 Å². The first-order valence-electron chi connectivity index (χ1n) is 4.25. The third kappa shape index (κ3) is 5.13. The summed E-state index contributed by atoms with van der Waals surface area (Å²) in [6.07, 6.45) is 12.0. The maximum Gasteiger partial charge on any atom is 0.0280 e. The molecule has 2 rings (SSSR count). The summed E-state index contributed by atoms with van der Waals surface area (Å²) < 4.78 is 1.23. The van der Waals surface area contributed by atoms with Crippen molar-refractivity contribution >= 4 is 22.6 Å². The van der Waals surface area contributed by atoms with Crippen LogP contribution in [0.3, 0.4) is 0 Å². The molecule has 0 saturated carbocycles. The van der Waals surface area contributed by atoms with Crippen molar-refractivity contribution in [1.29, 1.82) is 0 Å². The Morgan fingerprint density at radius 3 is 1.67 bits per heavy atom. The SMILES string of the molecule is C#Cc1ccncc1.Ic1ccncc1. The summed E-state index contributed by atoms with van der Waals surface area (Å²) in [5, 5.41) is 0. The molecule has 0 amide bonds. The van der Waals surface area contributed by atoms with Crippen LogP contribution in [0.4, 0.5) is 0 Å². The van der Waals surface area contributed by atoms with E-state index in [-0.39, 0.29) is 0 Å². The first-order chi connectivity index (χ1) is 7.33. The minimum Gasteiger partial charge on any atom is -0.265 e. The van der Waals surface area contributed by atoms with Crippen LogP contribution in [0.15, 0.2) is 49.1 Å². The number of pyridine rings is 2. The van der Waals surface area contributed by atoms with Crippen LogP contribution in [0.1, 0.15) is 5.56 Å². The van der Waals surface area contributed by atoms with Crippen LogP contribution in [0, 0.1) is 15.9 Å². The largest absolute Gasteiger partial charge is 0.265 e. The molecule has 0 fully saturated rings. The van der Waals surface area contributed by atoms with Gasteiger partial charge in [0.2, 0.25) is 0 Å². The van der Waals surface area contributed by atoms with Crippen LogP contribution in [0.5, 0.6) is 0 Å². The van der Waals surface area contributed by atoms with Crippen LogP contribution in [0.2, 0.25) is 0 Å². The molecule has 0 unspecified atom stereocenters. The molecule has 15 heavy (non-hydrogen) atoms. The fourth-order valence-corrected chi connectivity index (χ4v) is 1.10. The summed E-state index contributed by atoms with van der Waals surface area (Å²) in [5.41, 5.74) is 0.875. The van der Waals surface area contributed by atoms with E-state index in [1.807, 2.05) is 12.1 Å². The Hall–Kier alpha value is -1.41. The van der Waals surface area contributed by atoms with Crippen molar-refractivity contribution in [2.45, 2.75) is 0 Å². The molecule has 0 aliphatic heterocycles. The van der Waals surface area contributed by atoms with E-state index in [1.165, 1.54) is 3.57 Å². The van der Waals surface area contributed by atoms with Crippen molar-refractivity contribution in [2.75, 3.05) is 0 Å². The van der Waals surface area contributed by atoms with Gasteiger partial charge in [-0.05, 0) is 46.9 Å². The predicted octanol–water partition coefficient (Wildman–Crippen LogP) is 2.75. The Morgan fingerprint density at radius 1 is 0.933 bits per heavy atom. The van der Waals surface area contributed by atoms with Crippen LogP contribution in [0.25, 0.3) is 0 Å². The second-order valence-corrected chi connectivity index (χ2v) is 3.79. The van der Waals surface area contributed by atoms with Gasteiger partial charge in [0, 0.05) is 33.9 Å². The zero-order valence-corrected chi connectivity index (χ0v) is 10.1. The zero-order chi connectivity index (χ0) is 10.9. The minimum absolute atomic E-state index is 0.875. The minimum atomic E-state index is 0.875. The lowest BCUT2D eigenvalue weighted by Crippen LogP contribution is -1.71. The zero-order valence-electron chi connectivity index (χ0n) is 7.97. The Balaban J connectivity index is 0.000000151. The normalized spacial score (nSPS) is 8.27. The topological polar surface area (TPSA) is 25.8 Å². The van der Waals surface area contributed by atoms with Crippen molar-refractivity contribution in [3.63, 3.8) is 0 Å². The molecule has 2 aromatic heterocycles. The van der Waals surface area contributed by atoms with Crippen molar-refractivity contribution in [1.82, 2.24) is 9.97 Å². The third-order valence-corrected chi connectivity index (χ3v) is 2.21. The van der Waals surface area contributed by atoms with Gasteiger partial charge >= 0.3 is 0 Å². The summed E-state index contributed by atoms with van der Waals surface area (Å²) in [6, 6.07) is 7.50. The van der Waals surface area contributed by atoms with Crippen molar-refractivity contribution in [3.8, 4) is 12.3 Å². The highest BCUT2D eigenvalue weighted by Crippen LogP contribution is 1.97. The molecule has 0 bridgehead atoms. The number of hydrogen-bond donors (Lipinski definition) is 0. The van der Waals surface area contributed by atoms with Crippen molar-refractivity contribution in [3.05, 3.63) is 58.2 Å². The van der Waals surface area contributed by atoms with E-state index in [0.29, 0.717) is 0 Å². The summed E-state index contributed by atoms with van der Waals surface area (Å²) in [4.78, 5) is 7.64. The first kappa shape index (κ1) is 11.7. The molecule has 2 heterocycles. The predicted molar refractivity (Wildman–Crippen MR) is 69.1 cm³/mol. The number of aromatic nitrogens is 2. The Labute approximate surface area is 103 Å². The molecular weight excluding hydrogens is 299 g/mol. The average Bonchev–Trinajstić information content (AvgIpc) is 2.32. The second-order valence-electron chi connectivity index (χ2n) is 2.55. The molecule has 0 atom stereocenters. The van der Waals surface area contributed by atoms with E-state index in [9.17, 15) is 0 Å². The number of halogens is 1. The molecule has 0 aromatic carbocycles. The molecule has 74 valence electrons. The van der Waals surface area contributed by atoms with E-state index >= 15 is 0 Å². The highest BCUT2D eigenvalue weighted by atomic mass is 127. The molecular formula is C12H9IN2. The average molecular weight is 308 g/mol. The number of terminal acetylenes is 1. The standard InChI is InChI=1S/C7H5N.C5H4IN/c1-2-7-3-5-8-6-4-7;6-5-1-3-7-4-2-5/h1,3-6H;1-4H. The second kappa shape index (κ2) is 6.96. The van der Waals surface area contributed by atoms with E-state index in [0.717, 1.165) is 5.56 Å². The van der Waals surface area contributed by atoms with Gasteiger partial charge in [0.25, 0.3) is 0 Å². The lowest BCUT2D eigenvalue weighted by atomic mass is 10.3. The summed E-state index contributed by atoms with van der Waals surface area (Å²) in [6.45, 7) is 0. The molecule has 0 saturated heterocycles. The number of hydrogen-bond acceptors (Lipinski definition) is 2.